The minimum Gasteiger partial charge on any atom is -0.496 e. The van der Waals surface area contributed by atoms with Gasteiger partial charge in [-0.25, -0.2) is 0 Å². The van der Waals surface area contributed by atoms with Gasteiger partial charge in [0.05, 0.1) is 23.7 Å². The summed E-state index contributed by atoms with van der Waals surface area (Å²) >= 11 is 1.65. The van der Waals surface area contributed by atoms with Gasteiger partial charge in [0.2, 0.25) is 0 Å². The van der Waals surface area contributed by atoms with Gasteiger partial charge >= 0.3 is 0 Å². The van der Waals surface area contributed by atoms with Crippen LogP contribution in [0.15, 0.2) is 23.7 Å². The van der Waals surface area contributed by atoms with Crippen LogP contribution in [0.5, 0.6) is 5.75 Å². The van der Waals surface area contributed by atoms with Crippen LogP contribution in [0.4, 0.5) is 0 Å². The van der Waals surface area contributed by atoms with Gasteiger partial charge in [-0.2, -0.15) is 5.10 Å². The molecule has 2 aromatic rings. The Kier molecular flexibility index (Phi) is 4.60. The molecular weight excluding hydrogens is 282 g/mol. The third-order valence-electron chi connectivity index (χ3n) is 4.26. The van der Waals surface area contributed by atoms with Gasteiger partial charge in [0, 0.05) is 18.7 Å². The van der Waals surface area contributed by atoms with Crippen molar-refractivity contribution in [2.75, 3.05) is 7.11 Å². The van der Waals surface area contributed by atoms with Gasteiger partial charge in [0.15, 0.2) is 0 Å². The highest BCUT2D eigenvalue weighted by atomic mass is 32.1. The highest BCUT2D eigenvalue weighted by Crippen LogP contribution is 2.32. The zero-order valence-electron chi connectivity index (χ0n) is 12.5. The van der Waals surface area contributed by atoms with Crippen molar-refractivity contribution in [1.29, 1.82) is 0 Å². The first-order valence-electron chi connectivity index (χ1n) is 7.69. The molecule has 2 aromatic heterocycles. The van der Waals surface area contributed by atoms with Gasteiger partial charge in [0.25, 0.3) is 0 Å². The summed E-state index contributed by atoms with van der Waals surface area (Å²) in [6.07, 6.45) is 9.41. The lowest BCUT2D eigenvalue weighted by Crippen LogP contribution is -2.15. The Hall–Kier alpha value is -1.33. The Morgan fingerprint density at radius 3 is 2.95 bits per heavy atom. The first-order valence-corrected chi connectivity index (χ1v) is 8.57. The molecule has 114 valence electrons. The maximum absolute atomic E-state index is 6.32. The first kappa shape index (κ1) is 14.6. The van der Waals surface area contributed by atoms with Gasteiger partial charge in [-0.05, 0) is 30.4 Å². The standard InChI is InChI=1S/C16H23N3OS/c1-20-15-8-10-21-16(15)14(17)11-12-7-9-19(18-12)13-5-3-2-4-6-13/h7-10,13-14H,2-6,11,17H2,1H3. The zero-order chi connectivity index (χ0) is 14.7. The Balaban J connectivity index is 1.66. The second-order valence-corrected chi connectivity index (χ2v) is 6.69. The number of thiophene rings is 1. The van der Waals surface area contributed by atoms with E-state index in [4.69, 9.17) is 15.6 Å². The minimum atomic E-state index is -0.0466. The van der Waals surface area contributed by atoms with Gasteiger partial charge in [-0.3, -0.25) is 4.68 Å². The van der Waals surface area contributed by atoms with E-state index in [1.807, 2.05) is 11.4 Å². The molecule has 1 fully saturated rings. The summed E-state index contributed by atoms with van der Waals surface area (Å²) in [5, 5.41) is 6.76. The van der Waals surface area contributed by atoms with Crippen molar-refractivity contribution < 1.29 is 4.74 Å². The highest BCUT2D eigenvalue weighted by Gasteiger charge is 2.18. The molecule has 21 heavy (non-hydrogen) atoms. The minimum absolute atomic E-state index is 0.0466. The third-order valence-corrected chi connectivity index (χ3v) is 5.29. The van der Waals surface area contributed by atoms with Crippen molar-refractivity contribution in [2.45, 2.75) is 50.6 Å². The van der Waals surface area contributed by atoms with E-state index in [1.54, 1.807) is 18.4 Å². The summed E-state index contributed by atoms with van der Waals surface area (Å²) in [6.45, 7) is 0. The van der Waals surface area contributed by atoms with Crippen LogP contribution in [-0.4, -0.2) is 16.9 Å². The van der Waals surface area contributed by atoms with Crippen LogP contribution in [0.1, 0.15) is 54.8 Å². The highest BCUT2D eigenvalue weighted by molar-refractivity contribution is 7.10. The Bertz CT molecular complexity index is 572. The van der Waals surface area contributed by atoms with E-state index in [9.17, 15) is 0 Å². The number of ether oxygens (including phenoxy) is 1. The molecule has 0 bridgehead atoms. The van der Waals surface area contributed by atoms with Gasteiger partial charge in [-0.15, -0.1) is 11.3 Å². The molecule has 5 heteroatoms. The van der Waals surface area contributed by atoms with Gasteiger partial charge in [0.1, 0.15) is 5.75 Å². The molecule has 1 saturated carbocycles. The molecule has 4 nitrogen and oxygen atoms in total. The topological polar surface area (TPSA) is 53.1 Å². The second-order valence-electron chi connectivity index (χ2n) is 5.74. The number of nitrogens with two attached hydrogens (primary N) is 1. The van der Waals surface area contributed by atoms with Crippen LogP contribution in [0.3, 0.4) is 0 Å². The van der Waals surface area contributed by atoms with Crippen LogP contribution >= 0.6 is 11.3 Å². The zero-order valence-corrected chi connectivity index (χ0v) is 13.3. The van der Waals surface area contributed by atoms with Crippen LogP contribution in [0.2, 0.25) is 0 Å². The van der Waals surface area contributed by atoms with Crippen molar-refractivity contribution in [3.8, 4) is 5.75 Å². The molecule has 1 aliphatic carbocycles. The van der Waals surface area contributed by atoms with Crippen molar-refractivity contribution in [3.63, 3.8) is 0 Å². The summed E-state index contributed by atoms with van der Waals surface area (Å²) in [6, 6.07) is 4.62. The lowest BCUT2D eigenvalue weighted by molar-refractivity contribution is 0.328. The predicted molar refractivity (Wildman–Crippen MR) is 85.9 cm³/mol. The van der Waals surface area contributed by atoms with E-state index in [2.05, 4.69) is 16.9 Å². The molecule has 3 rings (SSSR count). The quantitative estimate of drug-likeness (QED) is 0.916. The summed E-state index contributed by atoms with van der Waals surface area (Å²) in [5.41, 5.74) is 7.39. The Morgan fingerprint density at radius 2 is 2.19 bits per heavy atom. The SMILES string of the molecule is COc1ccsc1C(N)Cc1ccn(C2CCCCC2)n1. The van der Waals surface area contributed by atoms with Gasteiger partial charge < -0.3 is 10.5 Å². The van der Waals surface area contributed by atoms with E-state index in [1.165, 1.54) is 32.1 Å². The fraction of sp³-hybridized carbons (Fsp3) is 0.562. The molecule has 0 saturated heterocycles. The van der Waals surface area contributed by atoms with E-state index >= 15 is 0 Å². The van der Waals surface area contributed by atoms with Gasteiger partial charge in [-0.1, -0.05) is 19.3 Å². The summed E-state index contributed by atoms with van der Waals surface area (Å²) < 4.78 is 7.50. The van der Waals surface area contributed by atoms with Crippen molar-refractivity contribution in [1.82, 2.24) is 9.78 Å². The molecular formula is C16H23N3OS. The molecule has 0 aliphatic heterocycles. The number of methoxy groups -OCH3 is 1. The average Bonchev–Trinajstić information content (AvgIpc) is 3.16. The second kappa shape index (κ2) is 6.62. The van der Waals surface area contributed by atoms with Crippen LogP contribution in [0.25, 0.3) is 0 Å². The van der Waals surface area contributed by atoms with Crippen molar-refractivity contribution in [3.05, 3.63) is 34.3 Å². The molecule has 2 N–H and O–H groups in total. The number of hydrogen-bond acceptors (Lipinski definition) is 4. The molecule has 0 spiro atoms. The molecule has 0 radical (unpaired) electrons. The van der Waals surface area contributed by atoms with Crippen LogP contribution in [0, 0.1) is 0 Å². The number of nitrogens with zero attached hydrogens (tertiary/aromatic N) is 2. The van der Waals surface area contributed by atoms with Crippen molar-refractivity contribution >= 4 is 11.3 Å². The summed E-state index contributed by atoms with van der Waals surface area (Å²) in [7, 11) is 1.69. The molecule has 1 unspecified atom stereocenters. The maximum atomic E-state index is 6.32. The predicted octanol–water partition coefficient (Wildman–Crippen LogP) is 3.70. The Morgan fingerprint density at radius 1 is 1.38 bits per heavy atom. The third kappa shape index (κ3) is 3.30. The molecule has 1 atom stereocenters. The average molecular weight is 305 g/mol. The number of rotatable bonds is 5. The lowest BCUT2D eigenvalue weighted by Gasteiger charge is -2.21. The lowest BCUT2D eigenvalue weighted by atomic mass is 9.96. The largest absolute Gasteiger partial charge is 0.496 e. The van der Waals surface area contributed by atoms with E-state index in [0.717, 1.165) is 22.7 Å². The van der Waals surface area contributed by atoms with Crippen LogP contribution < -0.4 is 10.5 Å². The normalized spacial score (nSPS) is 17.8. The number of aromatic nitrogens is 2. The molecule has 1 aliphatic rings. The fourth-order valence-electron chi connectivity index (χ4n) is 3.10. The number of hydrogen-bond donors (Lipinski definition) is 1. The van der Waals surface area contributed by atoms with E-state index in [0.29, 0.717) is 6.04 Å². The van der Waals surface area contributed by atoms with Crippen molar-refractivity contribution in [2.24, 2.45) is 5.73 Å². The van der Waals surface area contributed by atoms with Crippen LogP contribution in [-0.2, 0) is 6.42 Å². The van der Waals surface area contributed by atoms with E-state index < -0.39 is 0 Å². The Labute approximate surface area is 129 Å². The maximum Gasteiger partial charge on any atom is 0.134 e. The molecule has 2 heterocycles. The van der Waals surface area contributed by atoms with E-state index in [-0.39, 0.29) is 6.04 Å². The monoisotopic (exact) mass is 305 g/mol. The first-order chi connectivity index (χ1) is 10.3. The molecule has 0 amide bonds. The fourth-order valence-corrected chi connectivity index (χ4v) is 3.97. The summed E-state index contributed by atoms with van der Waals surface area (Å²) in [4.78, 5) is 1.10. The smallest absolute Gasteiger partial charge is 0.134 e. The molecule has 0 aromatic carbocycles. The summed E-state index contributed by atoms with van der Waals surface area (Å²) in [5.74, 6) is 0.888.